The second-order valence-corrected chi connectivity index (χ2v) is 9.67. The summed E-state index contributed by atoms with van der Waals surface area (Å²) in [6, 6.07) is 9.47. The number of thiazole rings is 1. The SMILES string of the molecule is CCCC(C)C.CCc1nc2c(C(=O)NCc3ccc4nc(C)sc4c3)cccn2c1C=O.CN. The van der Waals surface area contributed by atoms with Crippen LogP contribution in [0.1, 0.15) is 77.6 Å². The van der Waals surface area contributed by atoms with E-state index < -0.39 is 0 Å². The Morgan fingerprint density at radius 1 is 1.20 bits per heavy atom. The number of benzene rings is 1. The molecule has 8 heteroatoms. The maximum atomic E-state index is 12.7. The van der Waals surface area contributed by atoms with Crippen molar-refractivity contribution in [2.45, 2.75) is 60.4 Å². The van der Waals surface area contributed by atoms with E-state index in [1.165, 1.54) is 19.9 Å². The highest BCUT2D eigenvalue weighted by atomic mass is 32.1. The minimum Gasteiger partial charge on any atom is -0.348 e. The van der Waals surface area contributed by atoms with Gasteiger partial charge in [-0.2, -0.15) is 0 Å². The maximum Gasteiger partial charge on any atom is 0.255 e. The lowest BCUT2D eigenvalue weighted by Gasteiger charge is -2.07. The zero-order valence-electron chi connectivity index (χ0n) is 21.6. The van der Waals surface area contributed by atoms with Crippen molar-refractivity contribution < 1.29 is 9.59 Å². The first kappa shape index (κ1) is 28.1. The normalized spacial score (nSPS) is 10.5. The molecule has 0 spiro atoms. The largest absolute Gasteiger partial charge is 0.348 e. The number of aryl methyl sites for hydroxylation is 2. The van der Waals surface area contributed by atoms with E-state index in [1.54, 1.807) is 34.1 Å². The molecule has 0 aliphatic heterocycles. The molecular formula is C27H37N5O2S. The number of hydrogen-bond donors (Lipinski definition) is 2. The second-order valence-electron chi connectivity index (χ2n) is 8.43. The molecular weight excluding hydrogens is 458 g/mol. The van der Waals surface area contributed by atoms with Gasteiger partial charge in [-0.3, -0.25) is 14.0 Å². The monoisotopic (exact) mass is 495 g/mol. The molecule has 0 saturated heterocycles. The van der Waals surface area contributed by atoms with Gasteiger partial charge in [-0.1, -0.05) is 46.6 Å². The molecule has 0 fully saturated rings. The Hall–Kier alpha value is -3.10. The number of nitrogens with zero attached hydrogens (tertiary/aromatic N) is 3. The fourth-order valence-corrected chi connectivity index (χ4v) is 4.63. The average molecular weight is 496 g/mol. The first-order valence-electron chi connectivity index (χ1n) is 12.0. The third-order valence-corrected chi connectivity index (χ3v) is 6.27. The number of nitrogens with two attached hydrogens (primary N) is 1. The second kappa shape index (κ2) is 13.7. The number of nitrogens with one attached hydrogen (secondary N) is 1. The van der Waals surface area contributed by atoms with E-state index in [0.717, 1.165) is 33.0 Å². The van der Waals surface area contributed by atoms with Gasteiger partial charge >= 0.3 is 0 Å². The third-order valence-electron chi connectivity index (χ3n) is 5.33. The molecule has 0 unspecified atom stereocenters. The van der Waals surface area contributed by atoms with Crippen LogP contribution in [0.5, 0.6) is 0 Å². The molecule has 35 heavy (non-hydrogen) atoms. The number of aromatic nitrogens is 3. The van der Waals surface area contributed by atoms with Crippen molar-refractivity contribution in [3.63, 3.8) is 0 Å². The van der Waals surface area contributed by atoms with Crippen molar-refractivity contribution in [2.24, 2.45) is 11.7 Å². The summed E-state index contributed by atoms with van der Waals surface area (Å²) in [5.74, 6) is 0.682. The predicted molar refractivity (Wildman–Crippen MR) is 145 cm³/mol. The average Bonchev–Trinajstić information content (AvgIpc) is 3.42. The zero-order chi connectivity index (χ0) is 26.0. The number of imidazole rings is 1. The number of carbonyl (C=O) groups excluding carboxylic acids is 2. The van der Waals surface area contributed by atoms with Gasteiger partial charge in [-0.15, -0.1) is 11.3 Å². The lowest BCUT2D eigenvalue weighted by molar-refractivity contribution is 0.0951. The first-order chi connectivity index (χ1) is 16.9. The van der Waals surface area contributed by atoms with Crippen molar-refractivity contribution in [2.75, 3.05) is 7.05 Å². The number of pyridine rings is 1. The van der Waals surface area contributed by atoms with Gasteiger partial charge < -0.3 is 11.1 Å². The topological polar surface area (TPSA) is 102 Å². The molecule has 0 atom stereocenters. The fourth-order valence-electron chi connectivity index (χ4n) is 3.74. The molecule has 1 amide bonds. The Morgan fingerprint density at radius 3 is 2.54 bits per heavy atom. The number of carbonyl (C=O) groups is 2. The van der Waals surface area contributed by atoms with Crippen LogP contribution in [0.3, 0.4) is 0 Å². The molecule has 0 aliphatic carbocycles. The highest BCUT2D eigenvalue weighted by Crippen LogP contribution is 2.23. The zero-order valence-corrected chi connectivity index (χ0v) is 22.4. The van der Waals surface area contributed by atoms with Gasteiger partial charge in [0.25, 0.3) is 5.91 Å². The summed E-state index contributed by atoms with van der Waals surface area (Å²) < 4.78 is 2.78. The molecule has 0 aliphatic rings. The van der Waals surface area contributed by atoms with Crippen LogP contribution in [0.25, 0.3) is 15.9 Å². The quantitative estimate of drug-likeness (QED) is 0.326. The van der Waals surface area contributed by atoms with Crippen LogP contribution in [0.2, 0.25) is 0 Å². The van der Waals surface area contributed by atoms with Crippen molar-refractivity contribution in [1.29, 1.82) is 0 Å². The lowest BCUT2D eigenvalue weighted by atomic mass is 10.1. The van der Waals surface area contributed by atoms with E-state index in [-0.39, 0.29) is 5.91 Å². The summed E-state index contributed by atoms with van der Waals surface area (Å²) in [4.78, 5) is 33.1. The Morgan fingerprint density at radius 2 is 1.94 bits per heavy atom. The van der Waals surface area contributed by atoms with Crippen LogP contribution in [0.4, 0.5) is 0 Å². The van der Waals surface area contributed by atoms with E-state index in [4.69, 9.17) is 0 Å². The minimum absolute atomic E-state index is 0.216. The lowest BCUT2D eigenvalue weighted by Crippen LogP contribution is -2.23. The molecule has 3 N–H and O–H groups in total. The molecule has 4 aromatic rings. The third kappa shape index (κ3) is 7.19. The first-order valence-corrected chi connectivity index (χ1v) is 12.9. The summed E-state index contributed by atoms with van der Waals surface area (Å²) in [6.07, 6.45) is 5.87. The highest BCUT2D eigenvalue weighted by molar-refractivity contribution is 7.18. The van der Waals surface area contributed by atoms with Crippen molar-refractivity contribution >= 4 is 39.4 Å². The van der Waals surface area contributed by atoms with Gasteiger partial charge in [-0.05, 0) is 56.1 Å². The van der Waals surface area contributed by atoms with Crippen LogP contribution < -0.4 is 11.1 Å². The molecule has 0 saturated carbocycles. The Balaban J connectivity index is 0.000000474. The van der Waals surface area contributed by atoms with Gasteiger partial charge in [-0.25, -0.2) is 9.97 Å². The van der Waals surface area contributed by atoms with E-state index in [2.05, 4.69) is 47.9 Å². The van der Waals surface area contributed by atoms with E-state index in [9.17, 15) is 9.59 Å². The summed E-state index contributed by atoms with van der Waals surface area (Å²) >= 11 is 1.64. The van der Waals surface area contributed by atoms with Crippen LogP contribution in [-0.2, 0) is 13.0 Å². The summed E-state index contributed by atoms with van der Waals surface area (Å²) in [5, 5.41) is 3.97. The standard InChI is InChI=1S/C20H18N4O2S.C6H14.CH5N/c1-3-15-17(11-25)24-8-4-5-14(19(24)23-15)20(26)21-10-13-6-7-16-18(9-13)27-12(2)22-16;1-4-5-6(2)3;1-2/h4-9,11H,3,10H2,1-2H3,(H,21,26);6H,4-5H2,1-3H3;2H2,1H3. The van der Waals surface area contributed by atoms with Crippen LogP contribution >= 0.6 is 11.3 Å². The van der Waals surface area contributed by atoms with E-state index >= 15 is 0 Å². The molecule has 4 rings (SSSR count). The van der Waals surface area contributed by atoms with Gasteiger partial charge in [0, 0.05) is 12.7 Å². The number of fused-ring (bicyclic) bond motifs is 2. The molecule has 3 aromatic heterocycles. The molecule has 0 radical (unpaired) electrons. The Kier molecular flexibility index (Phi) is 11.0. The van der Waals surface area contributed by atoms with Crippen LogP contribution in [0.15, 0.2) is 36.5 Å². The molecule has 0 bridgehead atoms. The number of rotatable bonds is 7. The van der Waals surface area contributed by atoms with Crippen LogP contribution in [0, 0.1) is 12.8 Å². The van der Waals surface area contributed by atoms with Crippen LogP contribution in [-0.4, -0.2) is 33.6 Å². The highest BCUT2D eigenvalue weighted by Gasteiger charge is 2.17. The number of amides is 1. The molecule has 7 nitrogen and oxygen atoms in total. The summed E-state index contributed by atoms with van der Waals surface area (Å²) in [5.41, 5.74) is 8.63. The van der Waals surface area contributed by atoms with Gasteiger partial charge in [0.1, 0.15) is 11.3 Å². The molecule has 188 valence electrons. The van der Waals surface area contributed by atoms with Gasteiger partial charge in [0.15, 0.2) is 6.29 Å². The fraction of sp³-hybridized carbons (Fsp3) is 0.407. The molecule has 3 heterocycles. The summed E-state index contributed by atoms with van der Waals surface area (Å²) in [6.45, 7) is 11.1. The van der Waals surface area contributed by atoms with Gasteiger partial charge in [0.2, 0.25) is 0 Å². The summed E-state index contributed by atoms with van der Waals surface area (Å²) in [7, 11) is 1.50. The molecule has 1 aromatic carbocycles. The Labute approximate surface area is 211 Å². The number of hydrogen-bond acceptors (Lipinski definition) is 6. The minimum atomic E-state index is -0.216. The van der Waals surface area contributed by atoms with Crippen molar-refractivity contribution in [1.82, 2.24) is 19.7 Å². The smallest absolute Gasteiger partial charge is 0.255 e. The Bertz CT molecular complexity index is 1260. The number of aldehydes is 1. The van der Waals surface area contributed by atoms with Crippen molar-refractivity contribution in [3.05, 3.63) is 64.1 Å². The van der Waals surface area contributed by atoms with Gasteiger partial charge in [0.05, 0.1) is 26.5 Å². The van der Waals surface area contributed by atoms with E-state index in [0.29, 0.717) is 35.6 Å². The predicted octanol–water partition coefficient (Wildman–Crippen LogP) is 5.57. The van der Waals surface area contributed by atoms with E-state index in [1.807, 2.05) is 26.0 Å². The van der Waals surface area contributed by atoms with Crippen molar-refractivity contribution in [3.8, 4) is 0 Å². The maximum absolute atomic E-state index is 12.7.